The van der Waals surface area contributed by atoms with Crippen LogP contribution in [0, 0.1) is 11.2 Å². The molecular formula is C13H15FO2. The number of carbonyl (C=O) groups excluding carboxylic acids is 1. The van der Waals surface area contributed by atoms with Crippen LogP contribution in [0.5, 0.6) is 0 Å². The van der Waals surface area contributed by atoms with Gasteiger partial charge in [-0.2, -0.15) is 0 Å². The number of rotatable bonds is 2. The molecule has 16 heavy (non-hydrogen) atoms. The number of benzene rings is 1. The second kappa shape index (κ2) is 3.67. The topological polar surface area (TPSA) is 29.6 Å². The summed E-state index contributed by atoms with van der Waals surface area (Å²) in [5, 5.41) is 0. The van der Waals surface area contributed by atoms with Crippen LogP contribution in [-0.4, -0.2) is 11.9 Å². The number of hydrogen-bond acceptors (Lipinski definition) is 2. The zero-order chi connectivity index (χ0) is 11.9. The molecule has 1 unspecified atom stereocenters. The van der Waals surface area contributed by atoms with Crippen LogP contribution in [0.2, 0.25) is 0 Å². The molecule has 2 rings (SSSR count). The summed E-state index contributed by atoms with van der Waals surface area (Å²) in [6, 6.07) is 6.42. The Balaban J connectivity index is 2.13. The molecule has 0 aliphatic carbocycles. The van der Waals surface area contributed by atoms with Crippen molar-refractivity contribution in [2.24, 2.45) is 5.41 Å². The molecule has 0 saturated carbocycles. The first-order valence-electron chi connectivity index (χ1n) is 5.35. The van der Waals surface area contributed by atoms with E-state index in [1.807, 2.05) is 20.8 Å². The maximum absolute atomic E-state index is 13.4. The van der Waals surface area contributed by atoms with E-state index in [1.54, 1.807) is 18.2 Å². The second-order valence-corrected chi connectivity index (χ2v) is 5.11. The number of epoxide rings is 1. The van der Waals surface area contributed by atoms with Gasteiger partial charge in [0.25, 0.3) is 0 Å². The van der Waals surface area contributed by atoms with E-state index in [0.29, 0.717) is 5.56 Å². The van der Waals surface area contributed by atoms with Gasteiger partial charge in [-0.3, -0.25) is 4.79 Å². The standard InChI is InChI=1S/C13H15FO2/c1-13(2,3)12(15)11-10(16-11)8-6-4-5-7-9(8)14/h4-7,10-11H,1-3H3/t10-,11?/m0/s1. The maximum Gasteiger partial charge on any atom is 0.169 e. The fraction of sp³-hybridized carbons (Fsp3) is 0.462. The molecule has 3 heteroatoms. The zero-order valence-corrected chi connectivity index (χ0v) is 9.66. The van der Waals surface area contributed by atoms with E-state index in [0.717, 1.165) is 0 Å². The molecule has 0 aromatic heterocycles. The SMILES string of the molecule is CC(C)(C)C(=O)C1O[C@H]1c1ccccc1F. The summed E-state index contributed by atoms with van der Waals surface area (Å²) >= 11 is 0. The summed E-state index contributed by atoms with van der Waals surface area (Å²) < 4.78 is 18.7. The highest BCUT2D eigenvalue weighted by molar-refractivity contribution is 5.90. The van der Waals surface area contributed by atoms with Crippen molar-refractivity contribution in [3.8, 4) is 0 Å². The van der Waals surface area contributed by atoms with Gasteiger partial charge in [0.2, 0.25) is 0 Å². The summed E-state index contributed by atoms with van der Waals surface area (Å²) in [5.41, 5.74) is 0.0371. The van der Waals surface area contributed by atoms with Crippen LogP contribution in [0.15, 0.2) is 24.3 Å². The number of carbonyl (C=O) groups is 1. The molecule has 0 radical (unpaired) electrons. The Morgan fingerprint density at radius 2 is 1.94 bits per heavy atom. The molecule has 1 heterocycles. The Kier molecular flexibility index (Phi) is 2.58. The first kappa shape index (κ1) is 11.3. The summed E-state index contributed by atoms with van der Waals surface area (Å²) in [6.07, 6.45) is -0.871. The predicted octanol–water partition coefficient (Wildman–Crippen LogP) is 2.88. The Hall–Kier alpha value is -1.22. The fourth-order valence-electron chi connectivity index (χ4n) is 1.68. The quantitative estimate of drug-likeness (QED) is 0.720. The van der Waals surface area contributed by atoms with E-state index in [9.17, 15) is 9.18 Å². The van der Waals surface area contributed by atoms with Crippen molar-refractivity contribution in [3.63, 3.8) is 0 Å². The summed E-state index contributed by atoms with van der Waals surface area (Å²) in [7, 11) is 0. The van der Waals surface area contributed by atoms with Crippen molar-refractivity contribution >= 4 is 5.78 Å². The van der Waals surface area contributed by atoms with Crippen molar-refractivity contribution in [1.29, 1.82) is 0 Å². The van der Waals surface area contributed by atoms with Gasteiger partial charge in [0.05, 0.1) is 0 Å². The minimum atomic E-state index is -0.475. The van der Waals surface area contributed by atoms with Gasteiger partial charge >= 0.3 is 0 Å². The highest BCUT2D eigenvalue weighted by Crippen LogP contribution is 2.43. The van der Waals surface area contributed by atoms with Crippen LogP contribution in [0.25, 0.3) is 0 Å². The minimum absolute atomic E-state index is 0.0285. The molecule has 1 aliphatic heterocycles. The van der Waals surface area contributed by atoms with Gasteiger partial charge in [-0.25, -0.2) is 4.39 Å². The minimum Gasteiger partial charge on any atom is -0.356 e. The molecule has 0 N–H and O–H groups in total. The molecule has 0 bridgehead atoms. The molecule has 1 aromatic rings. The van der Waals surface area contributed by atoms with Crippen molar-refractivity contribution in [2.45, 2.75) is 33.0 Å². The van der Waals surface area contributed by atoms with Crippen LogP contribution in [0.4, 0.5) is 4.39 Å². The van der Waals surface area contributed by atoms with Crippen LogP contribution in [0.3, 0.4) is 0 Å². The lowest BCUT2D eigenvalue weighted by atomic mass is 9.87. The monoisotopic (exact) mass is 222 g/mol. The lowest BCUT2D eigenvalue weighted by Gasteiger charge is -2.14. The van der Waals surface area contributed by atoms with Gasteiger partial charge in [-0.1, -0.05) is 39.0 Å². The number of Topliss-reactive ketones (excluding diaryl/α,β-unsaturated/α-hetero) is 1. The smallest absolute Gasteiger partial charge is 0.169 e. The number of hydrogen-bond donors (Lipinski definition) is 0. The number of ketones is 1. The molecule has 0 amide bonds. The highest BCUT2D eigenvalue weighted by Gasteiger charge is 2.50. The normalized spacial score (nSPS) is 24.2. The van der Waals surface area contributed by atoms with Crippen molar-refractivity contribution in [3.05, 3.63) is 35.6 Å². The van der Waals surface area contributed by atoms with Crippen LogP contribution in [0.1, 0.15) is 32.4 Å². The summed E-state index contributed by atoms with van der Waals surface area (Å²) in [4.78, 5) is 11.9. The van der Waals surface area contributed by atoms with Gasteiger partial charge in [-0.05, 0) is 6.07 Å². The third-order valence-corrected chi connectivity index (χ3v) is 2.70. The molecule has 1 aliphatic rings. The van der Waals surface area contributed by atoms with Crippen LogP contribution < -0.4 is 0 Å². The molecule has 0 spiro atoms. The molecule has 1 aromatic carbocycles. The number of ether oxygens (including phenoxy) is 1. The summed E-state index contributed by atoms with van der Waals surface area (Å²) in [6.45, 7) is 5.53. The van der Waals surface area contributed by atoms with E-state index in [4.69, 9.17) is 4.74 Å². The van der Waals surface area contributed by atoms with E-state index < -0.39 is 17.6 Å². The predicted molar refractivity (Wildman–Crippen MR) is 58.5 cm³/mol. The molecule has 86 valence electrons. The van der Waals surface area contributed by atoms with E-state index in [-0.39, 0.29) is 11.6 Å². The van der Waals surface area contributed by atoms with Gasteiger partial charge in [0.1, 0.15) is 18.0 Å². The molecule has 2 atom stereocenters. The lowest BCUT2D eigenvalue weighted by Crippen LogP contribution is -2.25. The molecular weight excluding hydrogens is 207 g/mol. The fourth-order valence-corrected chi connectivity index (χ4v) is 1.68. The Morgan fingerprint density at radius 3 is 2.50 bits per heavy atom. The average molecular weight is 222 g/mol. The Labute approximate surface area is 94.4 Å². The first-order chi connectivity index (χ1) is 7.41. The third kappa shape index (κ3) is 2.00. The van der Waals surface area contributed by atoms with Gasteiger partial charge in [-0.15, -0.1) is 0 Å². The third-order valence-electron chi connectivity index (χ3n) is 2.70. The van der Waals surface area contributed by atoms with Crippen molar-refractivity contribution in [1.82, 2.24) is 0 Å². The zero-order valence-electron chi connectivity index (χ0n) is 9.66. The van der Waals surface area contributed by atoms with Gasteiger partial charge in [0.15, 0.2) is 5.78 Å². The molecule has 2 nitrogen and oxygen atoms in total. The Morgan fingerprint density at radius 1 is 1.31 bits per heavy atom. The largest absolute Gasteiger partial charge is 0.356 e. The van der Waals surface area contributed by atoms with Gasteiger partial charge < -0.3 is 4.74 Å². The maximum atomic E-state index is 13.4. The Bertz CT molecular complexity index is 420. The second-order valence-electron chi connectivity index (χ2n) is 5.11. The number of halogens is 1. The van der Waals surface area contributed by atoms with Crippen molar-refractivity contribution in [2.75, 3.05) is 0 Å². The summed E-state index contributed by atoms with van der Waals surface area (Å²) in [5.74, 6) is -0.280. The highest BCUT2D eigenvalue weighted by atomic mass is 19.1. The molecule has 1 saturated heterocycles. The van der Waals surface area contributed by atoms with E-state index in [1.165, 1.54) is 6.07 Å². The van der Waals surface area contributed by atoms with E-state index in [2.05, 4.69) is 0 Å². The van der Waals surface area contributed by atoms with Crippen molar-refractivity contribution < 1.29 is 13.9 Å². The average Bonchev–Trinajstić information content (AvgIpc) is 2.95. The first-order valence-corrected chi connectivity index (χ1v) is 5.35. The molecule has 1 fully saturated rings. The van der Waals surface area contributed by atoms with Gasteiger partial charge in [0, 0.05) is 11.0 Å². The van der Waals surface area contributed by atoms with Crippen LogP contribution >= 0.6 is 0 Å². The van der Waals surface area contributed by atoms with Crippen LogP contribution in [-0.2, 0) is 9.53 Å². The lowest BCUT2D eigenvalue weighted by molar-refractivity contribution is -0.127. The van der Waals surface area contributed by atoms with E-state index >= 15 is 0 Å².